The summed E-state index contributed by atoms with van der Waals surface area (Å²) in [6.07, 6.45) is -1.23. The minimum Gasteiger partial charge on any atom is -0.308 e. The summed E-state index contributed by atoms with van der Waals surface area (Å²) in [4.78, 5) is 1.83. The van der Waals surface area contributed by atoms with Crippen molar-refractivity contribution in [2.45, 2.75) is 45.2 Å². The van der Waals surface area contributed by atoms with Crippen LogP contribution in [0.2, 0.25) is 0 Å². The second kappa shape index (κ2) is 4.53. The Bertz CT molecular complexity index is 177. The third-order valence-electron chi connectivity index (χ3n) is 2.31. The molecule has 0 radical (unpaired) electrons. The van der Waals surface area contributed by atoms with E-state index >= 15 is 0 Å². The molecule has 0 aromatic rings. The smallest absolute Gasteiger partial charge is 0.251 e. The Morgan fingerprint density at radius 1 is 1.43 bits per heavy atom. The number of rotatable bonds is 3. The van der Waals surface area contributed by atoms with Gasteiger partial charge in [-0.3, -0.25) is 4.90 Å². The zero-order valence-corrected chi connectivity index (χ0v) is 9.19. The lowest BCUT2D eigenvalue weighted by Crippen LogP contribution is -2.45. The normalized spacial score (nSPS) is 24.9. The minimum atomic E-state index is -2.21. The quantitative estimate of drug-likeness (QED) is 0.756. The number of hydrogen-bond donors (Lipinski definition) is 1. The predicted octanol–water partition coefficient (Wildman–Crippen LogP) is 1.71. The molecule has 1 atom stereocenters. The molecular weight excluding hydrogens is 186 g/mol. The molecule has 1 saturated heterocycles. The molecule has 84 valence electrons. The SMILES string of the molecule is CC(C)(C)NC1CCN(CC(F)F)C1. The van der Waals surface area contributed by atoms with Gasteiger partial charge in [0.05, 0.1) is 6.54 Å². The van der Waals surface area contributed by atoms with E-state index < -0.39 is 6.43 Å². The van der Waals surface area contributed by atoms with Gasteiger partial charge in [0.1, 0.15) is 0 Å². The monoisotopic (exact) mass is 206 g/mol. The van der Waals surface area contributed by atoms with Crippen molar-refractivity contribution in [2.75, 3.05) is 19.6 Å². The molecule has 1 heterocycles. The lowest BCUT2D eigenvalue weighted by atomic mass is 10.1. The van der Waals surface area contributed by atoms with Crippen LogP contribution in [0.3, 0.4) is 0 Å². The lowest BCUT2D eigenvalue weighted by Gasteiger charge is -2.26. The number of nitrogens with one attached hydrogen (secondary N) is 1. The molecule has 0 spiro atoms. The Hall–Kier alpha value is -0.220. The van der Waals surface area contributed by atoms with Gasteiger partial charge in [-0.05, 0) is 33.7 Å². The second-order valence-corrected chi connectivity index (χ2v) is 5.03. The minimum absolute atomic E-state index is 0.0749. The topological polar surface area (TPSA) is 15.3 Å². The summed E-state index contributed by atoms with van der Waals surface area (Å²) in [5.41, 5.74) is 0.0749. The first-order valence-corrected chi connectivity index (χ1v) is 5.15. The molecule has 0 saturated carbocycles. The van der Waals surface area contributed by atoms with Crippen LogP contribution in [0.5, 0.6) is 0 Å². The van der Waals surface area contributed by atoms with Crippen LogP contribution in [-0.4, -0.2) is 42.5 Å². The Labute approximate surface area is 84.7 Å². The van der Waals surface area contributed by atoms with Gasteiger partial charge in [0, 0.05) is 18.1 Å². The van der Waals surface area contributed by atoms with Gasteiger partial charge < -0.3 is 5.32 Å². The summed E-state index contributed by atoms with van der Waals surface area (Å²) in [6.45, 7) is 7.76. The van der Waals surface area contributed by atoms with Gasteiger partial charge >= 0.3 is 0 Å². The van der Waals surface area contributed by atoms with E-state index in [1.54, 1.807) is 0 Å². The molecule has 1 aliphatic rings. The van der Waals surface area contributed by atoms with Crippen molar-refractivity contribution in [3.63, 3.8) is 0 Å². The third-order valence-corrected chi connectivity index (χ3v) is 2.31. The average Bonchev–Trinajstić information content (AvgIpc) is 2.30. The lowest BCUT2D eigenvalue weighted by molar-refractivity contribution is 0.0982. The van der Waals surface area contributed by atoms with Gasteiger partial charge in [0.2, 0.25) is 0 Å². The van der Waals surface area contributed by atoms with Crippen LogP contribution in [0, 0.1) is 0 Å². The number of likely N-dealkylation sites (tertiary alicyclic amines) is 1. The number of hydrogen-bond acceptors (Lipinski definition) is 2. The summed E-state index contributed by atoms with van der Waals surface area (Å²) in [6, 6.07) is 0.369. The van der Waals surface area contributed by atoms with E-state index in [0.717, 1.165) is 19.5 Å². The highest BCUT2D eigenvalue weighted by molar-refractivity contribution is 4.86. The zero-order chi connectivity index (χ0) is 10.8. The molecule has 0 amide bonds. The van der Waals surface area contributed by atoms with E-state index in [0.29, 0.717) is 6.04 Å². The largest absolute Gasteiger partial charge is 0.308 e. The van der Waals surface area contributed by atoms with Gasteiger partial charge in [-0.2, -0.15) is 0 Å². The molecular formula is C10H20F2N2. The van der Waals surface area contributed by atoms with Crippen LogP contribution in [0.4, 0.5) is 8.78 Å². The van der Waals surface area contributed by atoms with E-state index in [9.17, 15) is 8.78 Å². The zero-order valence-electron chi connectivity index (χ0n) is 9.19. The van der Waals surface area contributed by atoms with Crippen molar-refractivity contribution in [2.24, 2.45) is 0 Å². The van der Waals surface area contributed by atoms with Crippen LogP contribution >= 0.6 is 0 Å². The number of halogens is 2. The molecule has 14 heavy (non-hydrogen) atoms. The number of alkyl halides is 2. The molecule has 2 nitrogen and oxygen atoms in total. The Morgan fingerprint density at radius 3 is 2.57 bits per heavy atom. The molecule has 1 aliphatic heterocycles. The van der Waals surface area contributed by atoms with E-state index in [-0.39, 0.29) is 12.1 Å². The van der Waals surface area contributed by atoms with Gasteiger partial charge in [0.15, 0.2) is 0 Å². The Balaban J connectivity index is 2.27. The maximum atomic E-state index is 12.1. The first kappa shape index (κ1) is 11.9. The van der Waals surface area contributed by atoms with Crippen molar-refractivity contribution < 1.29 is 8.78 Å². The molecule has 0 aromatic carbocycles. The molecule has 1 N–H and O–H groups in total. The Morgan fingerprint density at radius 2 is 2.07 bits per heavy atom. The second-order valence-electron chi connectivity index (χ2n) is 5.03. The number of nitrogens with zero attached hydrogens (tertiary/aromatic N) is 1. The standard InChI is InChI=1S/C10H20F2N2/c1-10(2,3)13-8-4-5-14(6-8)7-9(11)12/h8-9,13H,4-7H2,1-3H3. The summed E-state index contributed by atoms with van der Waals surface area (Å²) in [5, 5.41) is 3.43. The van der Waals surface area contributed by atoms with E-state index in [4.69, 9.17) is 0 Å². The maximum absolute atomic E-state index is 12.1. The molecule has 1 unspecified atom stereocenters. The van der Waals surface area contributed by atoms with Gasteiger partial charge in [-0.15, -0.1) is 0 Å². The van der Waals surface area contributed by atoms with Gasteiger partial charge in [-0.25, -0.2) is 8.78 Å². The maximum Gasteiger partial charge on any atom is 0.251 e. The highest BCUT2D eigenvalue weighted by Gasteiger charge is 2.26. The summed E-state index contributed by atoms with van der Waals surface area (Å²) >= 11 is 0. The van der Waals surface area contributed by atoms with Crippen molar-refractivity contribution >= 4 is 0 Å². The molecule has 0 bridgehead atoms. The van der Waals surface area contributed by atoms with Crippen LogP contribution < -0.4 is 5.32 Å². The van der Waals surface area contributed by atoms with E-state index in [1.807, 2.05) is 4.90 Å². The predicted molar refractivity (Wildman–Crippen MR) is 53.7 cm³/mol. The summed E-state index contributed by atoms with van der Waals surface area (Å²) in [5.74, 6) is 0. The van der Waals surface area contributed by atoms with Crippen molar-refractivity contribution in [1.29, 1.82) is 0 Å². The van der Waals surface area contributed by atoms with Gasteiger partial charge in [0.25, 0.3) is 6.43 Å². The summed E-state index contributed by atoms with van der Waals surface area (Å²) in [7, 11) is 0. The molecule has 0 aromatic heterocycles. The van der Waals surface area contributed by atoms with Crippen LogP contribution in [0.15, 0.2) is 0 Å². The fourth-order valence-corrected chi connectivity index (χ4v) is 1.92. The molecule has 0 aliphatic carbocycles. The van der Waals surface area contributed by atoms with Crippen LogP contribution in [-0.2, 0) is 0 Å². The average molecular weight is 206 g/mol. The highest BCUT2D eigenvalue weighted by Crippen LogP contribution is 2.13. The van der Waals surface area contributed by atoms with Crippen LogP contribution in [0.25, 0.3) is 0 Å². The van der Waals surface area contributed by atoms with Crippen molar-refractivity contribution in [1.82, 2.24) is 10.2 Å². The summed E-state index contributed by atoms with van der Waals surface area (Å²) < 4.78 is 24.2. The van der Waals surface area contributed by atoms with E-state index in [2.05, 4.69) is 26.1 Å². The molecule has 4 heteroatoms. The van der Waals surface area contributed by atoms with Gasteiger partial charge in [-0.1, -0.05) is 0 Å². The molecule has 1 fully saturated rings. The van der Waals surface area contributed by atoms with Crippen LogP contribution in [0.1, 0.15) is 27.2 Å². The molecule has 1 rings (SSSR count). The van der Waals surface area contributed by atoms with Crippen molar-refractivity contribution in [3.8, 4) is 0 Å². The highest BCUT2D eigenvalue weighted by atomic mass is 19.3. The first-order chi connectivity index (χ1) is 6.37. The third kappa shape index (κ3) is 4.33. The Kier molecular flexibility index (Phi) is 3.84. The fourth-order valence-electron chi connectivity index (χ4n) is 1.92. The first-order valence-electron chi connectivity index (χ1n) is 5.15. The van der Waals surface area contributed by atoms with E-state index in [1.165, 1.54) is 0 Å². The van der Waals surface area contributed by atoms with Crippen molar-refractivity contribution in [3.05, 3.63) is 0 Å². The fraction of sp³-hybridized carbons (Fsp3) is 1.00.